The van der Waals surface area contributed by atoms with Crippen molar-refractivity contribution in [1.29, 1.82) is 0 Å². The van der Waals surface area contributed by atoms with Crippen LogP contribution < -0.4 is 4.74 Å². The monoisotopic (exact) mass is 387 g/mol. The van der Waals surface area contributed by atoms with Gasteiger partial charge in [0.2, 0.25) is 10.8 Å². The molecular weight excluding hydrogens is 362 g/mol. The van der Waals surface area contributed by atoms with Gasteiger partial charge >= 0.3 is 0 Å². The number of aromatic hydroxyl groups is 1. The summed E-state index contributed by atoms with van der Waals surface area (Å²) in [7, 11) is 2.14. The molecule has 1 aliphatic rings. The van der Waals surface area contributed by atoms with Gasteiger partial charge in [-0.3, -0.25) is 4.90 Å². The summed E-state index contributed by atoms with van der Waals surface area (Å²) < 4.78 is 7.30. The number of nitrogens with zero attached hydrogens (tertiary/aromatic N) is 5. The van der Waals surface area contributed by atoms with Gasteiger partial charge in [0.25, 0.3) is 0 Å². The Morgan fingerprint density at radius 3 is 2.44 bits per heavy atom. The smallest absolute Gasteiger partial charge is 0.230 e. The molecule has 1 N–H and O–H groups in total. The molecule has 3 aromatic rings. The van der Waals surface area contributed by atoms with Gasteiger partial charge in [0, 0.05) is 26.2 Å². The van der Waals surface area contributed by atoms with Gasteiger partial charge in [-0.15, -0.1) is 0 Å². The first-order valence-electron chi connectivity index (χ1n) is 9.23. The average Bonchev–Trinajstić information content (AvgIpc) is 3.22. The fraction of sp³-hybridized carbons (Fsp3) is 0.474. The van der Waals surface area contributed by atoms with Gasteiger partial charge in [0.05, 0.1) is 17.0 Å². The van der Waals surface area contributed by atoms with E-state index in [1.807, 2.05) is 26.0 Å². The summed E-state index contributed by atoms with van der Waals surface area (Å²) in [6, 6.07) is 8.17. The van der Waals surface area contributed by atoms with Crippen LogP contribution in [0.4, 0.5) is 0 Å². The van der Waals surface area contributed by atoms with E-state index in [0.29, 0.717) is 4.96 Å². The Balaban J connectivity index is 1.71. The summed E-state index contributed by atoms with van der Waals surface area (Å²) in [6.45, 7) is 7.94. The molecule has 0 aliphatic carbocycles. The molecule has 1 unspecified atom stereocenters. The van der Waals surface area contributed by atoms with Gasteiger partial charge in [-0.25, -0.2) is 4.98 Å². The van der Waals surface area contributed by atoms with Crippen LogP contribution in [0.5, 0.6) is 11.6 Å². The molecule has 2 aromatic heterocycles. The lowest BCUT2D eigenvalue weighted by Gasteiger charge is -2.37. The van der Waals surface area contributed by atoms with E-state index in [1.54, 1.807) is 0 Å². The minimum Gasteiger partial charge on any atom is -0.492 e. The molecule has 7 nitrogen and oxygen atoms in total. The lowest BCUT2D eigenvalue weighted by Crippen LogP contribution is -2.46. The number of piperazine rings is 1. The maximum atomic E-state index is 10.8. The van der Waals surface area contributed by atoms with Gasteiger partial charge in [-0.2, -0.15) is 9.61 Å². The van der Waals surface area contributed by atoms with E-state index in [0.717, 1.165) is 42.4 Å². The zero-order chi connectivity index (χ0) is 19.0. The van der Waals surface area contributed by atoms with Crippen molar-refractivity contribution in [3.63, 3.8) is 0 Å². The third-order valence-electron chi connectivity index (χ3n) is 4.86. The van der Waals surface area contributed by atoms with Crippen molar-refractivity contribution in [2.75, 3.05) is 33.2 Å². The lowest BCUT2D eigenvalue weighted by atomic mass is 10.0. The van der Waals surface area contributed by atoms with Crippen LogP contribution in [-0.2, 0) is 0 Å². The van der Waals surface area contributed by atoms with Crippen LogP contribution in [-0.4, -0.2) is 68.8 Å². The zero-order valence-corrected chi connectivity index (χ0v) is 16.7. The zero-order valence-electron chi connectivity index (χ0n) is 15.9. The molecular formula is C19H25N5O2S. The van der Waals surface area contributed by atoms with Gasteiger partial charge in [-0.05, 0) is 38.6 Å². The van der Waals surface area contributed by atoms with Gasteiger partial charge in [0.15, 0.2) is 0 Å². The second-order valence-corrected chi connectivity index (χ2v) is 8.23. The van der Waals surface area contributed by atoms with E-state index in [4.69, 9.17) is 4.74 Å². The summed E-state index contributed by atoms with van der Waals surface area (Å²) >= 11 is 1.50. The highest BCUT2D eigenvalue weighted by atomic mass is 32.1. The number of ether oxygens (including phenoxy) is 1. The normalized spacial score (nSPS) is 17.6. The number of rotatable bonds is 5. The SMILES string of the molecule is CC(C)Oc1ccc(C(c2sc3ncnn3c2O)N2CCN(C)CC2)cc1. The van der Waals surface area contributed by atoms with Crippen LogP contribution in [0.3, 0.4) is 0 Å². The van der Waals surface area contributed by atoms with Crippen molar-refractivity contribution < 1.29 is 9.84 Å². The molecule has 1 aromatic carbocycles. The van der Waals surface area contributed by atoms with E-state index in [2.05, 4.69) is 39.1 Å². The molecule has 8 heteroatoms. The molecule has 1 fully saturated rings. The molecule has 27 heavy (non-hydrogen) atoms. The first kappa shape index (κ1) is 18.2. The predicted molar refractivity (Wildman–Crippen MR) is 106 cm³/mol. The molecule has 0 amide bonds. The molecule has 0 spiro atoms. The van der Waals surface area contributed by atoms with Crippen molar-refractivity contribution in [1.82, 2.24) is 24.4 Å². The second-order valence-electron chi connectivity index (χ2n) is 7.22. The number of thiazole rings is 1. The molecule has 4 rings (SSSR count). The Hall–Kier alpha value is -2.16. The Labute approximate surface area is 162 Å². The number of fused-ring (bicyclic) bond motifs is 1. The number of hydrogen-bond acceptors (Lipinski definition) is 7. The summed E-state index contributed by atoms with van der Waals surface area (Å²) in [6.07, 6.45) is 1.61. The number of hydrogen-bond donors (Lipinski definition) is 1. The fourth-order valence-electron chi connectivity index (χ4n) is 3.48. The molecule has 0 radical (unpaired) electrons. The molecule has 0 bridgehead atoms. The Bertz CT molecular complexity index is 897. The molecule has 1 saturated heterocycles. The van der Waals surface area contributed by atoms with Crippen molar-refractivity contribution >= 4 is 16.3 Å². The minimum absolute atomic E-state index is 0.0275. The fourth-order valence-corrected chi connectivity index (χ4v) is 4.57. The summed E-state index contributed by atoms with van der Waals surface area (Å²) in [5.74, 6) is 1.04. The van der Waals surface area contributed by atoms with Crippen molar-refractivity contribution in [3.8, 4) is 11.6 Å². The molecule has 1 aliphatic heterocycles. The second kappa shape index (κ2) is 7.46. The molecule has 1 atom stereocenters. The maximum Gasteiger partial charge on any atom is 0.230 e. The quantitative estimate of drug-likeness (QED) is 0.726. The van der Waals surface area contributed by atoms with Crippen LogP contribution in [0, 0.1) is 0 Å². The van der Waals surface area contributed by atoms with E-state index in [1.165, 1.54) is 22.2 Å². The number of aromatic nitrogens is 3. The maximum absolute atomic E-state index is 10.8. The Morgan fingerprint density at radius 1 is 1.11 bits per heavy atom. The third-order valence-corrected chi connectivity index (χ3v) is 5.94. The van der Waals surface area contributed by atoms with E-state index in [-0.39, 0.29) is 18.0 Å². The molecule has 3 heterocycles. The van der Waals surface area contributed by atoms with Gasteiger partial charge < -0.3 is 14.7 Å². The van der Waals surface area contributed by atoms with Crippen molar-refractivity contribution in [2.45, 2.75) is 26.0 Å². The van der Waals surface area contributed by atoms with Gasteiger partial charge in [-0.1, -0.05) is 23.5 Å². The summed E-state index contributed by atoms with van der Waals surface area (Å²) in [4.78, 5) is 10.6. The highest BCUT2D eigenvalue weighted by Crippen LogP contribution is 2.40. The van der Waals surface area contributed by atoms with Crippen LogP contribution in [0.2, 0.25) is 0 Å². The Morgan fingerprint density at radius 2 is 1.81 bits per heavy atom. The largest absolute Gasteiger partial charge is 0.492 e. The first-order chi connectivity index (χ1) is 13.0. The minimum atomic E-state index is -0.0275. The van der Waals surface area contributed by atoms with Crippen LogP contribution in [0.1, 0.15) is 30.3 Å². The molecule has 0 saturated carbocycles. The topological polar surface area (TPSA) is 66.1 Å². The predicted octanol–water partition coefficient (Wildman–Crippen LogP) is 2.62. The Kier molecular flexibility index (Phi) is 5.03. The summed E-state index contributed by atoms with van der Waals surface area (Å²) in [5.41, 5.74) is 1.13. The number of likely N-dealkylation sites (N-methyl/N-ethyl adjacent to an activating group) is 1. The first-order valence-corrected chi connectivity index (χ1v) is 10.0. The van der Waals surface area contributed by atoms with Crippen LogP contribution in [0.25, 0.3) is 4.96 Å². The summed E-state index contributed by atoms with van der Waals surface area (Å²) in [5, 5.41) is 14.9. The lowest BCUT2D eigenvalue weighted by molar-refractivity contribution is 0.127. The number of benzene rings is 1. The van der Waals surface area contributed by atoms with Crippen LogP contribution in [0.15, 0.2) is 30.6 Å². The average molecular weight is 388 g/mol. The van der Waals surface area contributed by atoms with Crippen LogP contribution >= 0.6 is 11.3 Å². The van der Waals surface area contributed by atoms with E-state index in [9.17, 15) is 5.11 Å². The van der Waals surface area contributed by atoms with E-state index < -0.39 is 0 Å². The standard InChI is InChI=1S/C19H25N5O2S/c1-13(2)26-15-6-4-14(5-7-15)16(23-10-8-22(3)9-11-23)17-18(25)24-19(27-17)20-12-21-24/h4-7,12-13,16,25H,8-11H2,1-3H3. The van der Waals surface area contributed by atoms with Gasteiger partial charge in [0.1, 0.15) is 12.1 Å². The van der Waals surface area contributed by atoms with E-state index >= 15 is 0 Å². The molecule has 144 valence electrons. The third kappa shape index (κ3) is 3.65. The van der Waals surface area contributed by atoms with Crippen molar-refractivity contribution in [3.05, 3.63) is 41.0 Å². The highest BCUT2D eigenvalue weighted by molar-refractivity contribution is 7.17. The highest BCUT2D eigenvalue weighted by Gasteiger charge is 2.30. The van der Waals surface area contributed by atoms with Crippen molar-refractivity contribution in [2.24, 2.45) is 0 Å².